The second-order valence-corrected chi connectivity index (χ2v) is 7.89. The van der Waals surface area contributed by atoms with E-state index < -0.39 is 6.04 Å². The van der Waals surface area contributed by atoms with Crippen molar-refractivity contribution in [3.05, 3.63) is 138 Å². The zero-order valence-electron chi connectivity index (χ0n) is 18.4. The Labute approximate surface area is 194 Å². The Morgan fingerprint density at radius 2 is 1.15 bits per heavy atom. The molecule has 1 unspecified atom stereocenters. The summed E-state index contributed by atoms with van der Waals surface area (Å²) in [6.07, 6.45) is 0. The molecule has 4 heteroatoms. The Morgan fingerprint density at radius 3 is 1.67 bits per heavy atom. The second-order valence-electron chi connectivity index (χ2n) is 7.89. The van der Waals surface area contributed by atoms with Crippen LogP contribution in [0.5, 0.6) is 0 Å². The fraction of sp³-hybridized carbons (Fsp3) is 0.103. The van der Waals surface area contributed by atoms with Crippen LogP contribution in [-0.4, -0.2) is 11.7 Å². The number of Topliss-reactive ketones (excluding diaryl/α,β-unsaturated/α-hetero) is 1. The monoisotopic (exact) mass is 434 g/mol. The van der Waals surface area contributed by atoms with Crippen LogP contribution in [0.3, 0.4) is 0 Å². The zero-order chi connectivity index (χ0) is 23.0. The van der Waals surface area contributed by atoms with Crippen molar-refractivity contribution < 1.29 is 9.59 Å². The van der Waals surface area contributed by atoms with Crippen LogP contribution in [0.25, 0.3) is 0 Å². The molecule has 2 N–H and O–H groups in total. The fourth-order valence-corrected chi connectivity index (χ4v) is 3.84. The van der Waals surface area contributed by atoms with Crippen LogP contribution in [0.4, 0.5) is 5.69 Å². The van der Waals surface area contributed by atoms with Gasteiger partial charge in [0.1, 0.15) is 6.04 Å². The third-order valence-corrected chi connectivity index (χ3v) is 5.53. The van der Waals surface area contributed by atoms with Gasteiger partial charge in [0, 0.05) is 11.3 Å². The quantitative estimate of drug-likeness (QED) is 0.337. The molecule has 0 saturated carbocycles. The Bertz CT molecular complexity index is 1170. The number of carbonyl (C=O) groups excluding carboxylic acids is 2. The average molecular weight is 435 g/mol. The van der Waals surface area contributed by atoms with Crippen LogP contribution in [0.15, 0.2) is 115 Å². The summed E-state index contributed by atoms with van der Waals surface area (Å²) in [6.45, 7) is 1.51. The number of nitrogens with one attached hydrogen (secondary N) is 2. The Kier molecular flexibility index (Phi) is 7.08. The number of carbonyl (C=O) groups is 2. The Balaban J connectivity index is 1.68. The molecule has 0 aliphatic carbocycles. The summed E-state index contributed by atoms with van der Waals surface area (Å²) in [5.74, 6) is -0.240. The summed E-state index contributed by atoms with van der Waals surface area (Å²) >= 11 is 0. The molecule has 0 aromatic heterocycles. The molecular weight excluding hydrogens is 408 g/mol. The van der Waals surface area contributed by atoms with E-state index in [1.807, 2.05) is 66.7 Å². The summed E-state index contributed by atoms with van der Waals surface area (Å²) in [4.78, 5) is 25.3. The van der Waals surface area contributed by atoms with Gasteiger partial charge in [-0.1, -0.05) is 103 Å². The molecule has 0 spiro atoms. The van der Waals surface area contributed by atoms with Gasteiger partial charge < -0.3 is 5.32 Å². The van der Waals surface area contributed by atoms with Crippen LogP contribution >= 0.6 is 0 Å². The van der Waals surface area contributed by atoms with Crippen LogP contribution < -0.4 is 10.6 Å². The van der Waals surface area contributed by atoms with Gasteiger partial charge >= 0.3 is 0 Å². The van der Waals surface area contributed by atoms with Crippen LogP contribution in [0, 0.1) is 0 Å². The van der Waals surface area contributed by atoms with E-state index in [2.05, 4.69) is 34.9 Å². The van der Waals surface area contributed by atoms with Crippen molar-refractivity contribution in [2.24, 2.45) is 0 Å². The van der Waals surface area contributed by atoms with Gasteiger partial charge in [-0.05, 0) is 35.7 Å². The topological polar surface area (TPSA) is 58.2 Å². The van der Waals surface area contributed by atoms with Gasteiger partial charge in [0.05, 0.1) is 6.04 Å². The molecule has 0 saturated heterocycles. The summed E-state index contributed by atoms with van der Waals surface area (Å²) in [7, 11) is 0. The zero-order valence-corrected chi connectivity index (χ0v) is 18.4. The largest absolute Gasteiger partial charge is 0.324 e. The van der Waals surface area contributed by atoms with E-state index in [1.165, 1.54) is 6.92 Å². The molecule has 4 aromatic carbocycles. The Morgan fingerprint density at radius 1 is 0.636 bits per heavy atom. The standard InChI is InChI=1S/C29H26N2O2/c1-21(32)25-18-11-19-26(20-25)30-29(33)28(24-16-9-4-10-17-24)31-27(22-12-5-2-6-13-22)23-14-7-3-8-15-23/h2-20,27-28,31H,1H3,(H,30,33). The third kappa shape index (κ3) is 5.62. The highest BCUT2D eigenvalue weighted by molar-refractivity contribution is 5.98. The number of benzene rings is 4. The van der Waals surface area contributed by atoms with Gasteiger partial charge in [0.25, 0.3) is 0 Å². The van der Waals surface area contributed by atoms with Crippen molar-refractivity contribution in [1.29, 1.82) is 0 Å². The van der Waals surface area contributed by atoms with E-state index in [1.54, 1.807) is 24.3 Å². The van der Waals surface area contributed by atoms with Gasteiger partial charge in [0.2, 0.25) is 5.91 Å². The lowest BCUT2D eigenvalue weighted by Crippen LogP contribution is -2.36. The SMILES string of the molecule is CC(=O)c1cccc(NC(=O)C(NC(c2ccccc2)c2ccccc2)c2ccccc2)c1. The number of ketones is 1. The maximum absolute atomic E-state index is 13.5. The molecule has 33 heavy (non-hydrogen) atoms. The van der Waals surface area contributed by atoms with Gasteiger partial charge in [0.15, 0.2) is 5.78 Å². The minimum Gasteiger partial charge on any atom is -0.324 e. The molecule has 1 amide bonds. The first-order chi connectivity index (χ1) is 16.1. The number of hydrogen-bond donors (Lipinski definition) is 2. The minimum atomic E-state index is -0.613. The van der Waals surface area contributed by atoms with E-state index in [0.717, 1.165) is 16.7 Å². The first kappa shape index (κ1) is 22.2. The first-order valence-electron chi connectivity index (χ1n) is 10.9. The summed E-state index contributed by atoms with van der Waals surface area (Å²) in [5, 5.41) is 6.57. The fourth-order valence-electron chi connectivity index (χ4n) is 3.84. The highest BCUT2D eigenvalue weighted by Gasteiger charge is 2.26. The minimum absolute atomic E-state index is 0.0444. The molecule has 164 valence electrons. The average Bonchev–Trinajstić information content (AvgIpc) is 2.86. The normalized spacial score (nSPS) is 11.7. The molecule has 0 aliphatic heterocycles. The molecule has 4 nitrogen and oxygen atoms in total. The van der Waals surface area contributed by atoms with Crippen LogP contribution in [0.1, 0.15) is 46.1 Å². The summed E-state index contributed by atoms with van der Waals surface area (Å²) in [6, 6.07) is 36.0. The van der Waals surface area contributed by atoms with Crippen molar-refractivity contribution in [3.8, 4) is 0 Å². The van der Waals surface area contributed by atoms with E-state index >= 15 is 0 Å². The maximum atomic E-state index is 13.5. The third-order valence-electron chi connectivity index (χ3n) is 5.53. The van der Waals surface area contributed by atoms with Gasteiger partial charge in [-0.25, -0.2) is 0 Å². The van der Waals surface area contributed by atoms with Gasteiger partial charge in [-0.15, -0.1) is 0 Å². The maximum Gasteiger partial charge on any atom is 0.246 e. The molecule has 0 fully saturated rings. The molecule has 1 atom stereocenters. The molecule has 0 radical (unpaired) electrons. The lowest BCUT2D eigenvalue weighted by molar-refractivity contribution is -0.118. The number of anilines is 1. The molecule has 0 aliphatic rings. The summed E-state index contributed by atoms with van der Waals surface area (Å²) < 4.78 is 0. The molecular formula is C29H26N2O2. The van der Waals surface area contributed by atoms with Crippen molar-refractivity contribution in [2.45, 2.75) is 19.0 Å². The predicted molar refractivity (Wildman–Crippen MR) is 132 cm³/mol. The number of amides is 1. The molecule has 4 aromatic rings. The smallest absolute Gasteiger partial charge is 0.246 e. The van der Waals surface area contributed by atoms with Crippen molar-refractivity contribution in [1.82, 2.24) is 5.32 Å². The van der Waals surface area contributed by atoms with Crippen LogP contribution in [0.2, 0.25) is 0 Å². The molecule has 0 heterocycles. The number of rotatable bonds is 8. The Hall–Kier alpha value is -4.02. The highest BCUT2D eigenvalue weighted by atomic mass is 16.2. The summed E-state index contributed by atoms with van der Waals surface area (Å²) in [5.41, 5.74) is 4.14. The lowest BCUT2D eigenvalue weighted by atomic mass is 9.96. The highest BCUT2D eigenvalue weighted by Crippen LogP contribution is 2.27. The first-order valence-corrected chi connectivity index (χ1v) is 10.9. The van der Waals surface area contributed by atoms with E-state index in [4.69, 9.17) is 0 Å². The second kappa shape index (κ2) is 10.5. The van der Waals surface area contributed by atoms with E-state index in [9.17, 15) is 9.59 Å². The predicted octanol–water partition coefficient (Wildman–Crippen LogP) is 5.95. The van der Waals surface area contributed by atoms with Crippen molar-refractivity contribution >= 4 is 17.4 Å². The lowest BCUT2D eigenvalue weighted by Gasteiger charge is -2.26. The van der Waals surface area contributed by atoms with Crippen molar-refractivity contribution in [3.63, 3.8) is 0 Å². The van der Waals surface area contributed by atoms with Gasteiger partial charge in [-0.2, -0.15) is 0 Å². The van der Waals surface area contributed by atoms with Crippen molar-refractivity contribution in [2.75, 3.05) is 5.32 Å². The van der Waals surface area contributed by atoms with E-state index in [0.29, 0.717) is 11.3 Å². The van der Waals surface area contributed by atoms with Gasteiger partial charge in [-0.3, -0.25) is 14.9 Å². The number of hydrogen-bond acceptors (Lipinski definition) is 3. The van der Waals surface area contributed by atoms with Crippen LogP contribution in [-0.2, 0) is 4.79 Å². The molecule has 4 rings (SSSR count). The van der Waals surface area contributed by atoms with E-state index in [-0.39, 0.29) is 17.7 Å². The molecule has 0 bridgehead atoms.